The number of halogens is 1. The van der Waals surface area contributed by atoms with E-state index in [0.717, 1.165) is 5.56 Å². The summed E-state index contributed by atoms with van der Waals surface area (Å²) in [5, 5.41) is 3.86. The molecular weight excluding hydrogens is 321 g/mol. The molecule has 0 saturated heterocycles. The van der Waals surface area contributed by atoms with Gasteiger partial charge in [0.15, 0.2) is 5.82 Å². The van der Waals surface area contributed by atoms with Gasteiger partial charge in [0.1, 0.15) is 5.82 Å². The molecule has 0 saturated carbocycles. The smallest absolute Gasteiger partial charge is 0.260 e. The summed E-state index contributed by atoms with van der Waals surface area (Å²) in [5.41, 5.74) is 2.00. The number of aromatic nitrogens is 2. The molecule has 0 bridgehead atoms. The van der Waals surface area contributed by atoms with Crippen LogP contribution in [0.3, 0.4) is 0 Å². The molecule has 0 aliphatic rings. The highest BCUT2D eigenvalue weighted by Gasteiger charge is 2.15. The van der Waals surface area contributed by atoms with E-state index in [1.54, 1.807) is 42.3 Å². The van der Waals surface area contributed by atoms with Crippen LogP contribution in [0.1, 0.15) is 21.7 Å². The maximum atomic E-state index is 13.7. The Bertz CT molecular complexity index is 874. The predicted octanol–water partition coefficient (Wildman–Crippen LogP) is 3.50. The van der Waals surface area contributed by atoms with Gasteiger partial charge < -0.3 is 9.42 Å². The van der Waals surface area contributed by atoms with Crippen LogP contribution in [0.4, 0.5) is 4.39 Å². The van der Waals surface area contributed by atoms with Gasteiger partial charge in [-0.15, -0.1) is 0 Å². The Balaban J connectivity index is 1.63. The van der Waals surface area contributed by atoms with Gasteiger partial charge in [0.2, 0.25) is 0 Å². The normalized spacial score (nSPS) is 10.7. The first-order valence-electron chi connectivity index (χ1n) is 7.94. The summed E-state index contributed by atoms with van der Waals surface area (Å²) in [7, 11) is 1.72. The van der Waals surface area contributed by atoms with Gasteiger partial charge in [0.05, 0.1) is 5.56 Å². The second-order valence-electron chi connectivity index (χ2n) is 5.84. The van der Waals surface area contributed by atoms with Crippen molar-refractivity contribution in [3.05, 3.63) is 71.3 Å². The van der Waals surface area contributed by atoms with Crippen LogP contribution in [0.25, 0.3) is 11.5 Å². The average Bonchev–Trinajstić information content (AvgIpc) is 3.09. The number of aryl methyl sites for hydroxylation is 1. The summed E-state index contributed by atoms with van der Waals surface area (Å²) < 4.78 is 18.9. The first-order chi connectivity index (χ1) is 12.0. The lowest BCUT2D eigenvalue weighted by Crippen LogP contribution is -2.29. The summed E-state index contributed by atoms with van der Waals surface area (Å²) >= 11 is 0. The number of likely N-dealkylation sites (N-methyl/N-ethyl adjacent to an activating group) is 1. The minimum Gasteiger partial charge on any atom is -0.341 e. The molecule has 0 N–H and O–H groups in total. The van der Waals surface area contributed by atoms with E-state index in [-0.39, 0.29) is 17.4 Å². The van der Waals surface area contributed by atoms with Crippen molar-refractivity contribution in [2.45, 2.75) is 13.3 Å². The van der Waals surface area contributed by atoms with Gasteiger partial charge in [0, 0.05) is 25.6 Å². The fourth-order valence-corrected chi connectivity index (χ4v) is 2.39. The molecule has 128 valence electrons. The fourth-order valence-electron chi connectivity index (χ4n) is 2.39. The van der Waals surface area contributed by atoms with Crippen molar-refractivity contribution < 1.29 is 13.7 Å². The van der Waals surface area contributed by atoms with Gasteiger partial charge in [-0.25, -0.2) is 4.39 Å². The molecule has 0 atom stereocenters. The molecule has 0 radical (unpaired) electrons. The minimum absolute atomic E-state index is 0.0715. The van der Waals surface area contributed by atoms with Crippen molar-refractivity contribution in [2.24, 2.45) is 0 Å². The summed E-state index contributed by atoms with van der Waals surface area (Å²) in [6.07, 6.45) is 0.423. The largest absolute Gasteiger partial charge is 0.341 e. The van der Waals surface area contributed by atoms with E-state index in [0.29, 0.717) is 24.4 Å². The van der Waals surface area contributed by atoms with Crippen LogP contribution in [0.5, 0.6) is 0 Å². The third kappa shape index (κ3) is 3.91. The Morgan fingerprint density at radius 3 is 2.60 bits per heavy atom. The summed E-state index contributed by atoms with van der Waals surface area (Å²) in [6, 6.07) is 13.6. The van der Waals surface area contributed by atoms with Crippen molar-refractivity contribution in [1.29, 1.82) is 0 Å². The van der Waals surface area contributed by atoms with Crippen molar-refractivity contribution in [3.8, 4) is 11.5 Å². The number of hydrogen-bond donors (Lipinski definition) is 0. The molecule has 3 aromatic rings. The number of nitrogens with zero attached hydrogens (tertiary/aromatic N) is 3. The number of carbonyl (C=O) groups excluding carboxylic acids is 1. The molecule has 0 fully saturated rings. The van der Waals surface area contributed by atoms with Crippen molar-refractivity contribution in [3.63, 3.8) is 0 Å². The van der Waals surface area contributed by atoms with Crippen LogP contribution in [0.2, 0.25) is 0 Å². The van der Waals surface area contributed by atoms with Crippen LogP contribution < -0.4 is 0 Å². The minimum atomic E-state index is -0.413. The Morgan fingerprint density at radius 2 is 1.88 bits per heavy atom. The number of carbonyl (C=O) groups is 1. The second kappa shape index (κ2) is 7.25. The van der Waals surface area contributed by atoms with E-state index in [1.807, 2.05) is 19.1 Å². The zero-order valence-corrected chi connectivity index (χ0v) is 14.1. The van der Waals surface area contributed by atoms with Crippen molar-refractivity contribution in [1.82, 2.24) is 15.0 Å². The Labute approximate surface area is 145 Å². The monoisotopic (exact) mass is 339 g/mol. The molecular formula is C19H18FN3O2. The standard InChI is InChI=1S/C19H18FN3O2/c1-13-7-9-14(10-8-13)19(24)23(2)12-11-17-21-18(25-22-17)15-5-3-4-6-16(15)20/h3-10H,11-12H2,1-2H3. The van der Waals surface area contributed by atoms with Crippen LogP contribution in [-0.4, -0.2) is 34.5 Å². The lowest BCUT2D eigenvalue weighted by atomic mass is 10.1. The maximum absolute atomic E-state index is 13.7. The molecule has 2 aromatic carbocycles. The molecule has 1 heterocycles. The van der Waals surface area contributed by atoms with Gasteiger partial charge in [-0.3, -0.25) is 4.79 Å². The van der Waals surface area contributed by atoms with Gasteiger partial charge >= 0.3 is 0 Å². The Hall–Kier alpha value is -3.02. The zero-order valence-electron chi connectivity index (χ0n) is 14.1. The van der Waals surface area contributed by atoms with Crippen LogP contribution in [0, 0.1) is 12.7 Å². The first-order valence-corrected chi connectivity index (χ1v) is 7.94. The quantitative estimate of drug-likeness (QED) is 0.714. The molecule has 3 rings (SSSR count). The van der Waals surface area contributed by atoms with Crippen molar-refractivity contribution in [2.75, 3.05) is 13.6 Å². The van der Waals surface area contributed by atoms with E-state index in [1.165, 1.54) is 6.07 Å². The Kier molecular flexibility index (Phi) is 4.88. The van der Waals surface area contributed by atoms with Gasteiger partial charge in [-0.05, 0) is 31.2 Å². The maximum Gasteiger partial charge on any atom is 0.260 e. The first kappa shape index (κ1) is 16.8. The highest BCUT2D eigenvalue weighted by atomic mass is 19.1. The van der Waals surface area contributed by atoms with E-state index >= 15 is 0 Å². The Morgan fingerprint density at radius 1 is 1.16 bits per heavy atom. The average molecular weight is 339 g/mol. The third-order valence-electron chi connectivity index (χ3n) is 3.89. The number of benzene rings is 2. The van der Waals surface area contributed by atoms with Crippen LogP contribution in [0.15, 0.2) is 53.1 Å². The van der Waals surface area contributed by atoms with Gasteiger partial charge in [-0.1, -0.05) is 35.0 Å². The van der Waals surface area contributed by atoms with Crippen molar-refractivity contribution >= 4 is 5.91 Å². The lowest BCUT2D eigenvalue weighted by molar-refractivity contribution is 0.0796. The summed E-state index contributed by atoms with van der Waals surface area (Å²) in [4.78, 5) is 18.2. The topological polar surface area (TPSA) is 59.2 Å². The van der Waals surface area contributed by atoms with E-state index in [9.17, 15) is 9.18 Å². The van der Waals surface area contributed by atoms with E-state index < -0.39 is 5.82 Å². The molecule has 1 amide bonds. The van der Waals surface area contributed by atoms with Crippen LogP contribution in [-0.2, 0) is 6.42 Å². The lowest BCUT2D eigenvalue weighted by Gasteiger charge is -2.16. The third-order valence-corrected chi connectivity index (χ3v) is 3.89. The van der Waals surface area contributed by atoms with Crippen LogP contribution >= 0.6 is 0 Å². The molecule has 6 heteroatoms. The molecule has 0 aliphatic heterocycles. The highest BCUT2D eigenvalue weighted by Crippen LogP contribution is 2.20. The molecule has 25 heavy (non-hydrogen) atoms. The fraction of sp³-hybridized carbons (Fsp3) is 0.211. The molecule has 0 unspecified atom stereocenters. The number of hydrogen-bond acceptors (Lipinski definition) is 4. The van der Waals surface area contributed by atoms with Gasteiger partial charge in [-0.2, -0.15) is 4.98 Å². The number of amides is 1. The van der Waals surface area contributed by atoms with Gasteiger partial charge in [0.25, 0.3) is 11.8 Å². The molecule has 1 aromatic heterocycles. The summed E-state index contributed by atoms with van der Waals surface area (Å²) in [6.45, 7) is 2.41. The van der Waals surface area contributed by atoms with E-state index in [2.05, 4.69) is 10.1 Å². The predicted molar refractivity (Wildman–Crippen MR) is 91.5 cm³/mol. The number of rotatable bonds is 5. The summed E-state index contributed by atoms with van der Waals surface area (Å²) in [5.74, 6) is 0.0876. The van der Waals surface area contributed by atoms with E-state index in [4.69, 9.17) is 4.52 Å². The SMILES string of the molecule is Cc1ccc(C(=O)N(C)CCc2noc(-c3ccccc3F)n2)cc1. The molecule has 0 spiro atoms. The molecule has 0 aliphatic carbocycles. The second-order valence-corrected chi connectivity index (χ2v) is 5.84. The highest BCUT2D eigenvalue weighted by molar-refractivity contribution is 5.94. The molecule has 5 nitrogen and oxygen atoms in total. The zero-order chi connectivity index (χ0) is 17.8.